The van der Waals surface area contributed by atoms with E-state index in [1.165, 1.54) is 18.2 Å². The van der Waals surface area contributed by atoms with Crippen LogP contribution in [0, 0.1) is 11.3 Å². The van der Waals surface area contributed by atoms with E-state index < -0.39 is 23.9 Å². The van der Waals surface area contributed by atoms with Crippen LogP contribution in [0.15, 0.2) is 18.2 Å². The van der Waals surface area contributed by atoms with Gasteiger partial charge in [-0.15, -0.1) is 0 Å². The highest BCUT2D eigenvalue weighted by Gasteiger charge is 2.38. The van der Waals surface area contributed by atoms with Crippen molar-refractivity contribution in [1.82, 2.24) is 14.9 Å². The fourth-order valence-electron chi connectivity index (χ4n) is 2.18. The van der Waals surface area contributed by atoms with Gasteiger partial charge in [0.1, 0.15) is 6.54 Å². The molecule has 0 spiro atoms. The molecule has 1 aromatic heterocycles. The van der Waals surface area contributed by atoms with Crippen molar-refractivity contribution < 1.29 is 18.0 Å². The summed E-state index contributed by atoms with van der Waals surface area (Å²) in [6.45, 7) is 3.08. The molecule has 0 unspecified atom stereocenters. The number of carbonyl (C=O) groups excluding carboxylic acids is 1. The molecule has 0 aliphatic rings. The van der Waals surface area contributed by atoms with Crippen LogP contribution in [0.4, 0.5) is 13.2 Å². The predicted octanol–water partition coefficient (Wildman–Crippen LogP) is 2.89. The van der Waals surface area contributed by atoms with Gasteiger partial charge >= 0.3 is 6.18 Å². The molecule has 0 bridgehead atoms. The zero-order chi connectivity index (χ0) is 16.5. The fourth-order valence-corrected chi connectivity index (χ4v) is 2.18. The molecule has 2 rings (SSSR count). The number of amides is 1. The van der Waals surface area contributed by atoms with Crippen molar-refractivity contribution in [3.8, 4) is 6.07 Å². The Morgan fingerprint density at radius 2 is 2.14 bits per heavy atom. The van der Waals surface area contributed by atoms with Crippen LogP contribution in [0.3, 0.4) is 0 Å². The van der Waals surface area contributed by atoms with Gasteiger partial charge < -0.3 is 9.88 Å². The number of hydrogen-bond donors (Lipinski definition) is 1. The third-order valence-electron chi connectivity index (χ3n) is 3.05. The normalized spacial score (nSPS) is 11.7. The van der Waals surface area contributed by atoms with E-state index in [-0.39, 0.29) is 17.6 Å². The summed E-state index contributed by atoms with van der Waals surface area (Å²) in [6.07, 6.45) is -4.58. The number of imidazole rings is 1. The Morgan fingerprint density at radius 1 is 1.45 bits per heavy atom. The van der Waals surface area contributed by atoms with Crippen LogP contribution in [-0.2, 0) is 6.18 Å². The van der Waals surface area contributed by atoms with E-state index >= 15 is 0 Å². The van der Waals surface area contributed by atoms with Crippen LogP contribution in [0.5, 0.6) is 0 Å². The van der Waals surface area contributed by atoms with Crippen molar-refractivity contribution in [3.05, 3.63) is 29.6 Å². The summed E-state index contributed by atoms with van der Waals surface area (Å²) in [6, 6.07) is 5.45. The van der Waals surface area contributed by atoms with E-state index in [2.05, 4.69) is 10.3 Å². The zero-order valence-corrected chi connectivity index (χ0v) is 11.9. The maximum absolute atomic E-state index is 13.1. The van der Waals surface area contributed by atoms with Crippen LogP contribution in [0.1, 0.15) is 36.1 Å². The quantitative estimate of drug-likeness (QED) is 0.886. The largest absolute Gasteiger partial charge is 0.449 e. The molecule has 0 fully saturated rings. The summed E-state index contributed by atoms with van der Waals surface area (Å²) in [5.41, 5.74) is 0.551. The number of aromatic nitrogens is 2. The molecule has 0 radical (unpaired) electrons. The summed E-state index contributed by atoms with van der Waals surface area (Å²) >= 11 is 0. The van der Waals surface area contributed by atoms with Gasteiger partial charge in [-0.3, -0.25) is 4.79 Å². The van der Waals surface area contributed by atoms with E-state index in [0.717, 1.165) is 4.57 Å². The molecule has 0 aliphatic carbocycles. The lowest BCUT2D eigenvalue weighted by Crippen LogP contribution is -2.23. The van der Waals surface area contributed by atoms with Crippen molar-refractivity contribution >= 4 is 16.9 Å². The number of hydrogen-bond acceptors (Lipinski definition) is 3. The molecule has 0 atom stereocenters. The third kappa shape index (κ3) is 2.88. The molecule has 8 heteroatoms. The number of rotatable bonds is 3. The first-order valence-corrected chi connectivity index (χ1v) is 6.50. The maximum atomic E-state index is 13.1. The van der Waals surface area contributed by atoms with Crippen LogP contribution in [0.2, 0.25) is 0 Å². The van der Waals surface area contributed by atoms with Gasteiger partial charge in [0.2, 0.25) is 5.82 Å². The minimum absolute atomic E-state index is 0.0885. The van der Waals surface area contributed by atoms with Gasteiger partial charge in [0.25, 0.3) is 5.91 Å². The SMILES string of the molecule is CC(C)n1c(C(F)(F)F)nc2cc(C(=O)NCC#N)ccc21. The second kappa shape index (κ2) is 5.67. The minimum Gasteiger partial charge on any atom is -0.339 e. The van der Waals surface area contributed by atoms with E-state index in [1.807, 2.05) is 0 Å². The number of halogens is 3. The van der Waals surface area contributed by atoms with E-state index in [9.17, 15) is 18.0 Å². The van der Waals surface area contributed by atoms with Gasteiger partial charge in [0.05, 0.1) is 17.1 Å². The monoisotopic (exact) mass is 310 g/mol. The number of nitrogens with one attached hydrogen (secondary N) is 1. The average Bonchev–Trinajstić information content (AvgIpc) is 2.83. The Labute approximate surface area is 124 Å². The third-order valence-corrected chi connectivity index (χ3v) is 3.05. The molecule has 0 saturated heterocycles. The Kier molecular flexibility index (Phi) is 4.08. The molecule has 0 aliphatic heterocycles. The van der Waals surface area contributed by atoms with Gasteiger partial charge in [0, 0.05) is 11.6 Å². The fraction of sp³-hybridized carbons (Fsp3) is 0.357. The minimum atomic E-state index is -4.58. The van der Waals surface area contributed by atoms with Crippen LogP contribution < -0.4 is 5.32 Å². The Hall–Kier alpha value is -2.56. The molecule has 116 valence electrons. The van der Waals surface area contributed by atoms with Gasteiger partial charge in [0.15, 0.2) is 0 Å². The topological polar surface area (TPSA) is 70.7 Å². The van der Waals surface area contributed by atoms with Gasteiger partial charge in [-0.25, -0.2) is 4.98 Å². The molecule has 2 aromatic rings. The highest BCUT2D eigenvalue weighted by atomic mass is 19.4. The van der Waals surface area contributed by atoms with Crippen molar-refractivity contribution in [2.75, 3.05) is 6.54 Å². The van der Waals surface area contributed by atoms with Crippen LogP contribution in [0.25, 0.3) is 11.0 Å². The van der Waals surface area contributed by atoms with Crippen molar-refractivity contribution in [1.29, 1.82) is 5.26 Å². The number of nitrogens with zero attached hydrogens (tertiary/aromatic N) is 3. The first-order chi connectivity index (χ1) is 10.3. The summed E-state index contributed by atoms with van der Waals surface area (Å²) in [7, 11) is 0. The molecule has 1 amide bonds. The molecule has 5 nitrogen and oxygen atoms in total. The van der Waals surface area contributed by atoms with Crippen molar-refractivity contribution in [2.45, 2.75) is 26.1 Å². The highest BCUT2D eigenvalue weighted by Crippen LogP contribution is 2.33. The lowest BCUT2D eigenvalue weighted by atomic mass is 10.2. The average molecular weight is 310 g/mol. The second-order valence-corrected chi connectivity index (χ2v) is 4.94. The summed E-state index contributed by atoms with van der Waals surface area (Å²) in [4.78, 5) is 15.4. The van der Waals surface area contributed by atoms with Gasteiger partial charge in [-0.05, 0) is 32.0 Å². The van der Waals surface area contributed by atoms with E-state index in [1.54, 1.807) is 19.9 Å². The molecule has 1 N–H and O–H groups in total. The molecule has 22 heavy (non-hydrogen) atoms. The maximum Gasteiger partial charge on any atom is 0.449 e. The van der Waals surface area contributed by atoms with E-state index in [0.29, 0.717) is 5.52 Å². The number of carbonyl (C=O) groups is 1. The highest BCUT2D eigenvalue weighted by molar-refractivity contribution is 5.97. The first kappa shape index (κ1) is 15.8. The number of benzene rings is 1. The summed E-state index contributed by atoms with van der Waals surface area (Å²) < 4.78 is 40.3. The summed E-state index contributed by atoms with van der Waals surface area (Å²) in [5, 5.41) is 10.7. The lowest BCUT2D eigenvalue weighted by Gasteiger charge is -2.14. The van der Waals surface area contributed by atoms with Gasteiger partial charge in [-0.1, -0.05) is 0 Å². The zero-order valence-electron chi connectivity index (χ0n) is 11.9. The van der Waals surface area contributed by atoms with Crippen molar-refractivity contribution in [3.63, 3.8) is 0 Å². The Morgan fingerprint density at radius 3 is 2.68 bits per heavy atom. The number of fused-ring (bicyclic) bond motifs is 1. The number of nitriles is 1. The second-order valence-electron chi connectivity index (χ2n) is 4.94. The summed E-state index contributed by atoms with van der Waals surface area (Å²) in [5.74, 6) is -1.52. The number of alkyl halides is 3. The molecule has 1 aromatic carbocycles. The smallest absolute Gasteiger partial charge is 0.339 e. The molecular formula is C14H13F3N4O. The lowest BCUT2D eigenvalue weighted by molar-refractivity contribution is -0.147. The van der Waals surface area contributed by atoms with Crippen LogP contribution in [-0.4, -0.2) is 22.0 Å². The molecular weight excluding hydrogens is 297 g/mol. The first-order valence-electron chi connectivity index (χ1n) is 6.50. The van der Waals surface area contributed by atoms with E-state index in [4.69, 9.17) is 5.26 Å². The standard InChI is InChI=1S/C14H13F3N4O/c1-8(2)21-11-4-3-9(12(22)19-6-5-18)7-10(11)20-13(21)14(15,16)17/h3-4,7-8H,6H2,1-2H3,(H,19,22). The Balaban J connectivity index is 2.56. The predicted molar refractivity (Wildman–Crippen MR) is 73.1 cm³/mol. The van der Waals surface area contributed by atoms with Crippen molar-refractivity contribution in [2.24, 2.45) is 0 Å². The Bertz CT molecular complexity index is 756. The molecule has 0 saturated carbocycles. The van der Waals surface area contributed by atoms with Gasteiger partial charge in [-0.2, -0.15) is 18.4 Å². The van der Waals surface area contributed by atoms with Crippen LogP contribution >= 0.6 is 0 Å². The molecule has 1 heterocycles.